The van der Waals surface area contributed by atoms with Gasteiger partial charge in [-0.2, -0.15) is 0 Å². The van der Waals surface area contributed by atoms with E-state index in [1.54, 1.807) is 0 Å². The largest absolute Gasteiger partial charge is 0.394 e. The molecule has 34 heavy (non-hydrogen) atoms. The van der Waals surface area contributed by atoms with Gasteiger partial charge in [-0.25, -0.2) is 0 Å². The van der Waals surface area contributed by atoms with E-state index in [-0.39, 0.29) is 0 Å². The van der Waals surface area contributed by atoms with Crippen LogP contribution in [0.25, 0.3) is 0 Å². The molecule has 0 saturated carbocycles. The Balaban J connectivity index is 1.72. The molecule has 12 N–H and O–H groups in total. The van der Waals surface area contributed by atoms with Gasteiger partial charge in [-0.05, 0) is 0 Å². The number of aliphatic hydroxyl groups excluding tert-OH is 10. The van der Waals surface area contributed by atoms with Crippen LogP contribution >= 0.6 is 0 Å². The summed E-state index contributed by atoms with van der Waals surface area (Å²) in [5.41, 5.74) is 5.81. The lowest BCUT2D eigenvalue weighted by Crippen LogP contribution is -2.67. The second kappa shape index (κ2) is 11.6. The first-order valence-electron chi connectivity index (χ1n) is 10.7. The molecule has 3 heterocycles. The van der Waals surface area contributed by atoms with Crippen LogP contribution in [-0.2, 0) is 23.7 Å². The molecule has 200 valence electrons. The Labute approximate surface area is 193 Å². The van der Waals surface area contributed by atoms with Gasteiger partial charge in [-0.3, -0.25) is 0 Å². The summed E-state index contributed by atoms with van der Waals surface area (Å²) < 4.78 is 26.7. The smallest absolute Gasteiger partial charge is 0.187 e. The van der Waals surface area contributed by atoms with Crippen LogP contribution < -0.4 is 5.73 Å². The van der Waals surface area contributed by atoms with E-state index in [9.17, 15) is 51.1 Å². The van der Waals surface area contributed by atoms with Crippen LogP contribution in [0.1, 0.15) is 0 Å². The quantitative estimate of drug-likeness (QED) is 0.154. The van der Waals surface area contributed by atoms with Gasteiger partial charge < -0.3 is 80.5 Å². The summed E-state index contributed by atoms with van der Waals surface area (Å²) in [7, 11) is 0. The van der Waals surface area contributed by atoms with Crippen molar-refractivity contribution in [1.29, 1.82) is 0 Å². The normalized spacial score (nSPS) is 52.5. The Bertz CT molecular complexity index is 640. The standard InChI is InChI=1S/C18H33NO15/c19-7-9(24)8(23)4(1-20)31-17(7)33-15-6(3-22)32-18(13(28)11(15)26)34-14-5(2-21)30-16(29)12(27)10(14)25/h4-18,20-29H,1-3,19H2/t4?,5?,6?,7?,8-,9-,10-,11-,12?,13?,14-,15-,16-,17+,18+/m1/s1. The molecule has 0 aromatic rings. The molecule has 3 aliphatic heterocycles. The third-order valence-corrected chi connectivity index (χ3v) is 6.17. The molecule has 0 radical (unpaired) electrons. The lowest BCUT2D eigenvalue weighted by molar-refractivity contribution is -0.371. The van der Waals surface area contributed by atoms with Crippen LogP contribution in [0, 0.1) is 0 Å². The first-order chi connectivity index (χ1) is 16.0. The van der Waals surface area contributed by atoms with E-state index in [0.717, 1.165) is 0 Å². The molecule has 3 rings (SSSR count). The molecule has 16 heteroatoms. The molecular formula is C18H33NO15. The van der Waals surface area contributed by atoms with Crippen molar-refractivity contribution in [3.8, 4) is 0 Å². The molecule has 3 saturated heterocycles. The minimum atomic E-state index is -1.87. The number of hydrogen-bond donors (Lipinski definition) is 11. The summed E-state index contributed by atoms with van der Waals surface area (Å²) >= 11 is 0. The van der Waals surface area contributed by atoms with Gasteiger partial charge in [0.1, 0.15) is 67.1 Å². The molecule has 0 aromatic carbocycles. The second-order valence-electron chi connectivity index (χ2n) is 8.42. The minimum Gasteiger partial charge on any atom is -0.394 e. The highest BCUT2D eigenvalue weighted by Crippen LogP contribution is 2.31. The number of hydrogen-bond acceptors (Lipinski definition) is 16. The first kappa shape index (κ1) is 27.9. The van der Waals surface area contributed by atoms with E-state index < -0.39 is 112 Å². The Kier molecular flexibility index (Phi) is 9.54. The molecular weight excluding hydrogens is 470 g/mol. The highest BCUT2D eigenvalue weighted by molar-refractivity contribution is 4.96. The molecule has 0 aromatic heterocycles. The Hall–Kier alpha value is -0.640. The van der Waals surface area contributed by atoms with E-state index in [1.807, 2.05) is 0 Å². The van der Waals surface area contributed by atoms with E-state index >= 15 is 0 Å². The fourth-order valence-corrected chi connectivity index (χ4v) is 4.10. The predicted molar refractivity (Wildman–Crippen MR) is 103 cm³/mol. The first-order valence-corrected chi connectivity index (χ1v) is 10.7. The lowest BCUT2D eigenvalue weighted by Gasteiger charge is -2.48. The lowest BCUT2D eigenvalue weighted by atomic mass is 9.95. The number of aliphatic hydroxyl groups is 10. The maximum atomic E-state index is 10.6. The molecule has 0 bridgehead atoms. The summed E-state index contributed by atoms with van der Waals surface area (Å²) in [4.78, 5) is 0. The molecule has 16 nitrogen and oxygen atoms in total. The minimum absolute atomic E-state index is 0.686. The molecule has 0 aliphatic carbocycles. The number of rotatable bonds is 7. The van der Waals surface area contributed by atoms with Crippen molar-refractivity contribution in [3.63, 3.8) is 0 Å². The van der Waals surface area contributed by atoms with Crippen LogP contribution in [-0.4, -0.2) is 163 Å². The van der Waals surface area contributed by atoms with Crippen molar-refractivity contribution in [1.82, 2.24) is 0 Å². The summed E-state index contributed by atoms with van der Waals surface area (Å²) in [5.74, 6) is 0. The van der Waals surface area contributed by atoms with Gasteiger partial charge in [-0.1, -0.05) is 0 Å². The summed E-state index contributed by atoms with van der Waals surface area (Å²) in [5, 5.41) is 99.3. The molecule has 0 amide bonds. The van der Waals surface area contributed by atoms with Gasteiger partial charge in [0.2, 0.25) is 0 Å². The molecule has 3 fully saturated rings. The zero-order valence-corrected chi connectivity index (χ0v) is 17.9. The Morgan fingerprint density at radius 2 is 1.00 bits per heavy atom. The number of ether oxygens (including phenoxy) is 5. The SMILES string of the molecule is NC1[C@H](O[C@@H]2C(CO)O[C@@H](O[C@@H]3C(CO)O[C@@H](O)C(O)[C@H]3O)C(O)[C@H]2O)OC(CO)[C@@H](O)[C@@H]1O. The van der Waals surface area contributed by atoms with E-state index in [4.69, 9.17) is 29.4 Å². The fraction of sp³-hybridized carbons (Fsp3) is 1.00. The second-order valence-corrected chi connectivity index (χ2v) is 8.42. The van der Waals surface area contributed by atoms with Crippen molar-refractivity contribution in [2.45, 2.75) is 92.1 Å². The van der Waals surface area contributed by atoms with E-state index in [2.05, 4.69) is 0 Å². The van der Waals surface area contributed by atoms with E-state index in [0.29, 0.717) is 0 Å². The molecule has 15 atom stereocenters. The number of nitrogens with two attached hydrogens (primary N) is 1. The van der Waals surface area contributed by atoms with Gasteiger partial charge in [0, 0.05) is 0 Å². The summed E-state index contributed by atoms with van der Waals surface area (Å²) in [6.07, 6.45) is -22.3. The average Bonchev–Trinajstić information content (AvgIpc) is 2.83. The predicted octanol–water partition coefficient (Wildman–Crippen LogP) is -7.61. The topological polar surface area (TPSA) is 274 Å². The average molecular weight is 503 g/mol. The zero-order valence-electron chi connectivity index (χ0n) is 17.9. The molecule has 6 unspecified atom stereocenters. The van der Waals surface area contributed by atoms with Gasteiger partial charge in [-0.15, -0.1) is 0 Å². The third kappa shape index (κ3) is 5.37. The highest BCUT2D eigenvalue weighted by Gasteiger charge is 2.52. The molecule has 0 spiro atoms. The summed E-state index contributed by atoms with van der Waals surface area (Å²) in [6, 6.07) is -1.33. The Morgan fingerprint density at radius 3 is 1.56 bits per heavy atom. The van der Waals surface area contributed by atoms with Gasteiger partial charge >= 0.3 is 0 Å². The maximum Gasteiger partial charge on any atom is 0.187 e. The van der Waals surface area contributed by atoms with Crippen LogP contribution in [0.5, 0.6) is 0 Å². The zero-order chi connectivity index (χ0) is 25.3. The van der Waals surface area contributed by atoms with E-state index in [1.165, 1.54) is 0 Å². The van der Waals surface area contributed by atoms with Gasteiger partial charge in [0.15, 0.2) is 18.9 Å². The van der Waals surface area contributed by atoms with Crippen molar-refractivity contribution in [3.05, 3.63) is 0 Å². The Morgan fingerprint density at radius 1 is 0.529 bits per heavy atom. The summed E-state index contributed by atoms with van der Waals surface area (Å²) in [6.45, 7) is -2.21. The van der Waals surface area contributed by atoms with Gasteiger partial charge in [0.05, 0.1) is 25.9 Å². The molecule has 3 aliphatic rings. The van der Waals surface area contributed by atoms with Crippen molar-refractivity contribution in [2.24, 2.45) is 5.73 Å². The van der Waals surface area contributed by atoms with Crippen molar-refractivity contribution in [2.75, 3.05) is 19.8 Å². The highest BCUT2D eigenvalue weighted by atomic mass is 16.7. The van der Waals surface area contributed by atoms with Crippen LogP contribution in [0.15, 0.2) is 0 Å². The van der Waals surface area contributed by atoms with Crippen LogP contribution in [0.4, 0.5) is 0 Å². The fourth-order valence-electron chi connectivity index (χ4n) is 4.10. The van der Waals surface area contributed by atoms with Crippen molar-refractivity contribution < 1.29 is 74.7 Å². The van der Waals surface area contributed by atoms with Crippen LogP contribution in [0.2, 0.25) is 0 Å². The monoisotopic (exact) mass is 503 g/mol. The van der Waals surface area contributed by atoms with Crippen molar-refractivity contribution >= 4 is 0 Å². The maximum absolute atomic E-state index is 10.6. The van der Waals surface area contributed by atoms with Crippen LogP contribution in [0.3, 0.4) is 0 Å². The third-order valence-electron chi connectivity index (χ3n) is 6.17. The van der Waals surface area contributed by atoms with Gasteiger partial charge in [0.25, 0.3) is 0 Å².